The fraction of sp³-hybridized carbons (Fsp3) is 0.118. The monoisotopic (exact) mass is 628 g/mol. The Labute approximate surface area is 265 Å². The number of nitrogen functional groups attached to an aromatic ring is 2. The molecule has 0 atom stereocenters. The smallest absolute Gasteiger partial charge is 0.328 e. The molecule has 0 aliphatic heterocycles. The van der Waals surface area contributed by atoms with Crippen LogP contribution in [0.4, 0.5) is 11.4 Å². The number of pyridine rings is 2. The quantitative estimate of drug-likeness (QED) is 0.171. The fourth-order valence-corrected chi connectivity index (χ4v) is 5.07. The highest BCUT2D eigenvalue weighted by molar-refractivity contribution is 6.31. The largest absolute Gasteiger partial charge is 0.478 e. The number of nitrogens with zero attached hydrogens (tertiary/aromatic N) is 2. The standard InChI is InChI=1S/2C15H13ClN2.C4H4O4/c2*16-13-4-3-10-1-2-11(7-12(10)8-13)15-9-14(17)5-6-18-15;5-3(6)1-2-4(7)8/h2*3-9H,1-2H2,(H2,17,18);1-2H,(H,5,6)(H,7,8)/b;;2-1+. The maximum Gasteiger partial charge on any atom is 0.328 e. The first-order valence-corrected chi connectivity index (χ1v) is 14.4. The van der Waals surface area contributed by atoms with Crippen LogP contribution in [-0.2, 0) is 22.4 Å². The van der Waals surface area contributed by atoms with Gasteiger partial charge in [-0.1, -0.05) is 35.3 Å². The van der Waals surface area contributed by atoms with Crippen LogP contribution < -0.4 is 11.5 Å². The van der Waals surface area contributed by atoms with Crippen LogP contribution >= 0.6 is 23.2 Å². The number of halogens is 2. The zero-order valence-electron chi connectivity index (χ0n) is 23.6. The van der Waals surface area contributed by atoms with E-state index in [0.717, 1.165) is 58.5 Å². The molecule has 44 heavy (non-hydrogen) atoms. The van der Waals surface area contributed by atoms with E-state index in [-0.39, 0.29) is 0 Å². The minimum atomic E-state index is -1.26. The van der Waals surface area contributed by atoms with Gasteiger partial charge in [-0.15, -0.1) is 0 Å². The number of fused-ring (bicyclic) bond motifs is 2. The van der Waals surface area contributed by atoms with Crippen molar-refractivity contribution < 1.29 is 19.8 Å². The Hall–Kier alpha value is -4.92. The SMILES string of the molecule is Nc1ccnc(C2=Cc3cc(Cl)ccc3CC2)c1.Nc1ccnc(C2=Cc3cc(Cl)ccc3CC2)c1.O=C(O)/C=C/C(=O)O. The summed E-state index contributed by atoms with van der Waals surface area (Å²) in [4.78, 5) is 27.9. The van der Waals surface area contributed by atoms with Crippen LogP contribution in [0.3, 0.4) is 0 Å². The van der Waals surface area contributed by atoms with Crippen molar-refractivity contribution in [3.63, 3.8) is 0 Å². The van der Waals surface area contributed by atoms with E-state index in [4.69, 9.17) is 44.9 Å². The van der Waals surface area contributed by atoms with Crippen LogP contribution in [-0.4, -0.2) is 32.1 Å². The third-order valence-electron chi connectivity index (χ3n) is 6.80. The molecule has 10 heteroatoms. The number of nitrogens with two attached hydrogens (primary N) is 2. The third kappa shape index (κ3) is 9.29. The maximum atomic E-state index is 9.55. The van der Waals surface area contributed by atoms with E-state index < -0.39 is 11.9 Å². The summed E-state index contributed by atoms with van der Waals surface area (Å²) >= 11 is 12.1. The molecule has 0 saturated heterocycles. The predicted octanol–water partition coefficient (Wildman–Crippen LogP) is 7.32. The number of aryl methyl sites for hydroxylation is 2. The second kappa shape index (κ2) is 15.0. The van der Waals surface area contributed by atoms with Gasteiger partial charge in [0.05, 0.1) is 11.4 Å². The van der Waals surface area contributed by atoms with Crippen LogP contribution in [0.2, 0.25) is 10.0 Å². The molecule has 0 saturated carbocycles. The van der Waals surface area contributed by atoms with Gasteiger partial charge in [-0.3, -0.25) is 9.97 Å². The van der Waals surface area contributed by atoms with E-state index >= 15 is 0 Å². The van der Waals surface area contributed by atoms with Crippen molar-refractivity contribution in [2.75, 3.05) is 11.5 Å². The molecule has 0 spiro atoms. The van der Waals surface area contributed by atoms with E-state index in [1.54, 1.807) is 24.5 Å². The van der Waals surface area contributed by atoms with Crippen molar-refractivity contribution in [2.24, 2.45) is 0 Å². The number of carboxylic acids is 2. The molecule has 0 amide bonds. The molecular weight excluding hydrogens is 599 g/mol. The number of rotatable bonds is 4. The Morgan fingerprint density at radius 3 is 1.41 bits per heavy atom. The summed E-state index contributed by atoms with van der Waals surface area (Å²) in [6.45, 7) is 0. The van der Waals surface area contributed by atoms with E-state index in [0.29, 0.717) is 12.2 Å². The molecule has 8 nitrogen and oxygen atoms in total. The topological polar surface area (TPSA) is 152 Å². The number of benzene rings is 2. The molecule has 0 fully saturated rings. The molecule has 6 N–H and O–H groups in total. The van der Waals surface area contributed by atoms with Gasteiger partial charge in [-0.25, -0.2) is 9.59 Å². The first-order chi connectivity index (χ1) is 21.1. The number of carboxylic acid groups (broad SMARTS) is 2. The Bertz CT molecular complexity index is 1650. The van der Waals surface area contributed by atoms with Crippen molar-refractivity contribution in [1.82, 2.24) is 9.97 Å². The minimum absolute atomic E-state index is 0.558. The van der Waals surface area contributed by atoms with Gasteiger partial charge < -0.3 is 21.7 Å². The average Bonchev–Trinajstić information content (AvgIpc) is 3.00. The molecule has 2 aliphatic carbocycles. The summed E-state index contributed by atoms with van der Waals surface area (Å²) in [5.74, 6) is -2.51. The Kier molecular flexibility index (Phi) is 10.9. The van der Waals surface area contributed by atoms with E-state index in [1.807, 2.05) is 36.4 Å². The minimum Gasteiger partial charge on any atom is -0.478 e. The highest BCUT2D eigenvalue weighted by Crippen LogP contribution is 2.32. The van der Waals surface area contributed by atoms with Crippen molar-refractivity contribution in [2.45, 2.75) is 25.7 Å². The highest BCUT2D eigenvalue weighted by Gasteiger charge is 2.14. The summed E-state index contributed by atoms with van der Waals surface area (Å²) in [7, 11) is 0. The van der Waals surface area contributed by atoms with Gasteiger partial charge in [0.25, 0.3) is 0 Å². The van der Waals surface area contributed by atoms with Crippen LogP contribution in [0, 0.1) is 0 Å². The lowest BCUT2D eigenvalue weighted by Crippen LogP contribution is -2.01. The molecular formula is C34H30Cl2N4O4. The molecule has 2 aliphatic rings. The first kappa shape index (κ1) is 32.0. The van der Waals surface area contributed by atoms with Gasteiger partial charge in [0.15, 0.2) is 0 Å². The van der Waals surface area contributed by atoms with Gasteiger partial charge in [-0.2, -0.15) is 0 Å². The van der Waals surface area contributed by atoms with Crippen molar-refractivity contribution in [1.29, 1.82) is 0 Å². The Balaban J connectivity index is 0.000000163. The van der Waals surface area contributed by atoms with Crippen molar-refractivity contribution >= 4 is 69.8 Å². The summed E-state index contributed by atoms with van der Waals surface area (Å²) < 4.78 is 0. The predicted molar refractivity (Wildman–Crippen MR) is 177 cm³/mol. The highest BCUT2D eigenvalue weighted by atomic mass is 35.5. The van der Waals surface area contributed by atoms with E-state index in [2.05, 4.69) is 34.3 Å². The number of aliphatic carboxylic acids is 2. The molecule has 2 aromatic carbocycles. The van der Waals surface area contributed by atoms with Crippen LogP contribution in [0.5, 0.6) is 0 Å². The second-order valence-corrected chi connectivity index (χ2v) is 10.9. The van der Waals surface area contributed by atoms with Crippen LogP contribution in [0.1, 0.15) is 46.5 Å². The fourth-order valence-electron chi connectivity index (χ4n) is 4.71. The van der Waals surface area contributed by atoms with Gasteiger partial charge in [0, 0.05) is 46.0 Å². The number of anilines is 2. The summed E-state index contributed by atoms with van der Waals surface area (Å²) in [5, 5.41) is 17.2. The maximum absolute atomic E-state index is 9.55. The molecule has 6 rings (SSSR count). The number of carbonyl (C=O) groups is 2. The molecule has 2 aromatic heterocycles. The number of aromatic nitrogens is 2. The molecule has 0 bridgehead atoms. The number of hydrogen-bond donors (Lipinski definition) is 4. The Morgan fingerprint density at radius 2 is 1.05 bits per heavy atom. The molecule has 4 aromatic rings. The average molecular weight is 630 g/mol. The van der Waals surface area contributed by atoms with Crippen molar-refractivity contribution in [3.8, 4) is 0 Å². The van der Waals surface area contributed by atoms with Crippen molar-refractivity contribution in [3.05, 3.63) is 129 Å². The number of allylic oxidation sites excluding steroid dienone is 2. The molecule has 0 unspecified atom stereocenters. The lowest BCUT2D eigenvalue weighted by atomic mass is 9.90. The van der Waals surface area contributed by atoms with Gasteiger partial charge in [0.1, 0.15) is 0 Å². The van der Waals surface area contributed by atoms with Gasteiger partial charge in [-0.05, 0) is 120 Å². The second-order valence-electron chi connectivity index (χ2n) is 9.98. The molecule has 0 radical (unpaired) electrons. The van der Waals surface area contributed by atoms with Gasteiger partial charge >= 0.3 is 11.9 Å². The van der Waals surface area contributed by atoms with E-state index in [9.17, 15) is 9.59 Å². The summed E-state index contributed by atoms with van der Waals surface area (Å²) in [6.07, 6.45) is 13.0. The lowest BCUT2D eigenvalue weighted by Gasteiger charge is -2.16. The van der Waals surface area contributed by atoms with Crippen LogP contribution in [0.15, 0.2) is 85.2 Å². The van der Waals surface area contributed by atoms with E-state index in [1.165, 1.54) is 33.4 Å². The molecule has 2 heterocycles. The Morgan fingerprint density at radius 1 is 0.636 bits per heavy atom. The zero-order valence-corrected chi connectivity index (χ0v) is 25.1. The normalized spacial score (nSPS) is 13.1. The van der Waals surface area contributed by atoms with Crippen LogP contribution in [0.25, 0.3) is 23.3 Å². The first-order valence-electron chi connectivity index (χ1n) is 13.6. The van der Waals surface area contributed by atoms with Gasteiger partial charge in [0.2, 0.25) is 0 Å². The summed E-state index contributed by atoms with van der Waals surface area (Å²) in [6, 6.07) is 19.5. The summed E-state index contributed by atoms with van der Waals surface area (Å²) in [5.41, 5.74) is 22.5. The third-order valence-corrected chi connectivity index (χ3v) is 7.27. The number of hydrogen-bond acceptors (Lipinski definition) is 6. The molecule has 224 valence electrons. The zero-order chi connectivity index (χ0) is 31.6. The lowest BCUT2D eigenvalue weighted by molar-refractivity contribution is -0.134.